The summed E-state index contributed by atoms with van der Waals surface area (Å²) < 4.78 is 2.00. The zero-order valence-corrected chi connectivity index (χ0v) is 13.8. The van der Waals surface area contributed by atoms with E-state index in [4.69, 9.17) is 5.73 Å². The Morgan fingerprint density at radius 3 is 2.81 bits per heavy atom. The molecule has 7 heteroatoms. The van der Waals surface area contributed by atoms with Crippen molar-refractivity contribution in [3.8, 4) is 11.4 Å². The summed E-state index contributed by atoms with van der Waals surface area (Å²) in [4.78, 5) is 13.3. The third kappa shape index (κ3) is 3.04. The Morgan fingerprint density at radius 1 is 1.33 bits per heavy atom. The lowest BCUT2D eigenvalue weighted by Gasteiger charge is -2.10. The normalized spacial score (nSPS) is 12.5. The van der Waals surface area contributed by atoms with Gasteiger partial charge in [-0.25, -0.2) is 9.97 Å². The fraction of sp³-hybridized carbons (Fsp3) is 0.214. The molecule has 0 fully saturated rings. The molecule has 0 saturated heterocycles. The van der Waals surface area contributed by atoms with Crippen molar-refractivity contribution in [2.45, 2.75) is 13.0 Å². The summed E-state index contributed by atoms with van der Waals surface area (Å²) in [6, 6.07) is 3.86. The number of hydrogen-bond donors (Lipinski definition) is 2. The molecular formula is C14H14BrN5S. The molecule has 0 amide bonds. The number of nitrogens with zero attached hydrogens (tertiary/aromatic N) is 3. The lowest BCUT2D eigenvalue weighted by Crippen LogP contribution is -2.25. The second-order valence-electron chi connectivity index (χ2n) is 4.75. The molecule has 0 saturated carbocycles. The summed E-state index contributed by atoms with van der Waals surface area (Å²) >= 11 is 5.15. The molecule has 0 aliphatic carbocycles. The smallest absolute Gasteiger partial charge is 0.162 e. The van der Waals surface area contributed by atoms with Gasteiger partial charge in [-0.2, -0.15) is 0 Å². The molecule has 3 heterocycles. The standard InChI is InChI=1S/C14H14BrN5S/c1-8(16)6-18-14-12-11(10(15)7-21-12)19-13(20-14)9-2-4-17-5-3-9/h2-5,7-8H,6,16H2,1H3,(H,18,19,20). The number of nitrogens with one attached hydrogen (secondary N) is 1. The summed E-state index contributed by atoms with van der Waals surface area (Å²) in [5, 5.41) is 5.33. The predicted octanol–water partition coefficient (Wildman–Crippen LogP) is 3.27. The van der Waals surface area contributed by atoms with E-state index < -0.39 is 0 Å². The molecule has 21 heavy (non-hydrogen) atoms. The fourth-order valence-electron chi connectivity index (χ4n) is 1.90. The highest BCUT2D eigenvalue weighted by atomic mass is 79.9. The topological polar surface area (TPSA) is 76.7 Å². The maximum Gasteiger partial charge on any atom is 0.162 e. The number of fused-ring (bicyclic) bond motifs is 1. The molecule has 0 radical (unpaired) electrons. The molecule has 5 nitrogen and oxygen atoms in total. The molecule has 0 aromatic carbocycles. The van der Waals surface area contributed by atoms with Gasteiger partial charge in [-0.1, -0.05) is 0 Å². The van der Waals surface area contributed by atoms with Gasteiger partial charge in [-0.05, 0) is 35.0 Å². The first-order chi connectivity index (χ1) is 10.1. The van der Waals surface area contributed by atoms with Crippen molar-refractivity contribution >= 4 is 43.3 Å². The summed E-state index contributed by atoms with van der Waals surface area (Å²) in [6.07, 6.45) is 3.47. The monoisotopic (exact) mass is 363 g/mol. The van der Waals surface area contributed by atoms with E-state index in [0.29, 0.717) is 12.4 Å². The van der Waals surface area contributed by atoms with Crippen LogP contribution in [-0.2, 0) is 0 Å². The highest BCUT2D eigenvalue weighted by Crippen LogP contribution is 2.34. The van der Waals surface area contributed by atoms with E-state index in [1.807, 2.05) is 24.4 Å². The number of nitrogens with two attached hydrogens (primary N) is 1. The molecule has 3 rings (SSSR count). The predicted molar refractivity (Wildman–Crippen MR) is 90.5 cm³/mol. The largest absolute Gasteiger partial charge is 0.367 e. The Labute approximate surface area is 134 Å². The Morgan fingerprint density at radius 2 is 2.10 bits per heavy atom. The van der Waals surface area contributed by atoms with Gasteiger partial charge in [0.25, 0.3) is 0 Å². The Hall–Kier alpha value is -1.57. The van der Waals surface area contributed by atoms with Crippen molar-refractivity contribution in [2.75, 3.05) is 11.9 Å². The van der Waals surface area contributed by atoms with Crippen molar-refractivity contribution < 1.29 is 0 Å². The fourth-order valence-corrected chi connectivity index (χ4v) is 3.43. The van der Waals surface area contributed by atoms with Gasteiger partial charge in [-0.3, -0.25) is 4.98 Å². The number of rotatable bonds is 4. The molecular weight excluding hydrogens is 350 g/mol. The maximum absolute atomic E-state index is 5.82. The van der Waals surface area contributed by atoms with Gasteiger partial charge in [0.05, 0.1) is 9.17 Å². The van der Waals surface area contributed by atoms with Gasteiger partial charge in [0, 0.05) is 35.9 Å². The number of hydrogen-bond acceptors (Lipinski definition) is 6. The lowest BCUT2D eigenvalue weighted by molar-refractivity contribution is 0.778. The molecule has 0 aliphatic heterocycles. The van der Waals surface area contributed by atoms with Gasteiger partial charge < -0.3 is 11.1 Å². The Balaban J connectivity index is 2.11. The van der Waals surface area contributed by atoms with Crippen LogP contribution in [0.3, 0.4) is 0 Å². The summed E-state index contributed by atoms with van der Waals surface area (Å²) in [5.74, 6) is 1.50. The van der Waals surface area contributed by atoms with Gasteiger partial charge in [0.1, 0.15) is 11.3 Å². The van der Waals surface area contributed by atoms with Crippen LogP contribution in [-0.4, -0.2) is 27.5 Å². The number of thiophene rings is 1. The molecule has 0 bridgehead atoms. The van der Waals surface area contributed by atoms with E-state index in [1.165, 1.54) is 0 Å². The third-order valence-electron chi connectivity index (χ3n) is 2.90. The minimum absolute atomic E-state index is 0.0581. The highest BCUT2D eigenvalue weighted by molar-refractivity contribution is 9.10. The van der Waals surface area contributed by atoms with Crippen LogP contribution in [0.1, 0.15) is 6.92 Å². The first kappa shape index (κ1) is 14.4. The molecule has 1 atom stereocenters. The number of aromatic nitrogens is 3. The molecule has 0 aliphatic rings. The van der Waals surface area contributed by atoms with Crippen LogP contribution in [0.4, 0.5) is 5.82 Å². The van der Waals surface area contributed by atoms with Crippen molar-refractivity contribution in [1.29, 1.82) is 0 Å². The van der Waals surface area contributed by atoms with E-state index in [-0.39, 0.29) is 6.04 Å². The van der Waals surface area contributed by atoms with Crippen molar-refractivity contribution in [1.82, 2.24) is 15.0 Å². The Bertz CT molecular complexity index is 757. The zero-order chi connectivity index (χ0) is 14.8. The first-order valence-electron chi connectivity index (χ1n) is 6.49. The molecule has 0 spiro atoms. The maximum atomic E-state index is 5.82. The second-order valence-corrected chi connectivity index (χ2v) is 6.49. The average molecular weight is 364 g/mol. The molecule has 1 unspecified atom stereocenters. The zero-order valence-electron chi connectivity index (χ0n) is 11.4. The average Bonchev–Trinajstić information content (AvgIpc) is 2.87. The molecule has 3 N–H and O–H groups in total. The second kappa shape index (κ2) is 6.05. The third-order valence-corrected chi connectivity index (χ3v) is 4.79. The number of pyridine rings is 1. The SMILES string of the molecule is CC(N)CNc1nc(-c2ccncc2)nc2c(Br)csc12. The number of anilines is 1. The van der Waals surface area contributed by atoms with E-state index in [1.54, 1.807) is 23.7 Å². The molecule has 3 aromatic rings. The highest BCUT2D eigenvalue weighted by Gasteiger charge is 2.13. The quantitative estimate of drug-likeness (QED) is 0.743. The van der Waals surface area contributed by atoms with Gasteiger partial charge in [0.15, 0.2) is 5.82 Å². The first-order valence-corrected chi connectivity index (χ1v) is 8.17. The minimum Gasteiger partial charge on any atom is -0.367 e. The van der Waals surface area contributed by atoms with Crippen LogP contribution in [0.2, 0.25) is 0 Å². The van der Waals surface area contributed by atoms with Crippen LogP contribution in [0.15, 0.2) is 34.4 Å². The van der Waals surface area contributed by atoms with Crippen LogP contribution in [0, 0.1) is 0 Å². The van der Waals surface area contributed by atoms with E-state index >= 15 is 0 Å². The number of halogens is 1. The van der Waals surface area contributed by atoms with Crippen LogP contribution in [0.25, 0.3) is 21.6 Å². The summed E-state index contributed by atoms with van der Waals surface area (Å²) in [7, 11) is 0. The van der Waals surface area contributed by atoms with Crippen LogP contribution >= 0.6 is 27.3 Å². The van der Waals surface area contributed by atoms with E-state index in [0.717, 1.165) is 26.1 Å². The van der Waals surface area contributed by atoms with Crippen LogP contribution in [0.5, 0.6) is 0 Å². The minimum atomic E-state index is 0.0581. The van der Waals surface area contributed by atoms with Gasteiger partial charge in [-0.15, -0.1) is 11.3 Å². The Kier molecular flexibility index (Phi) is 4.14. The van der Waals surface area contributed by atoms with E-state index in [2.05, 4.69) is 36.2 Å². The summed E-state index contributed by atoms with van der Waals surface area (Å²) in [5.41, 5.74) is 7.67. The van der Waals surface area contributed by atoms with Gasteiger partial charge in [0.2, 0.25) is 0 Å². The lowest BCUT2D eigenvalue weighted by atomic mass is 10.2. The molecule has 108 valence electrons. The van der Waals surface area contributed by atoms with Crippen molar-refractivity contribution in [3.05, 3.63) is 34.4 Å². The van der Waals surface area contributed by atoms with Crippen molar-refractivity contribution in [3.63, 3.8) is 0 Å². The van der Waals surface area contributed by atoms with Gasteiger partial charge >= 0.3 is 0 Å². The molecule has 3 aromatic heterocycles. The van der Waals surface area contributed by atoms with E-state index in [9.17, 15) is 0 Å². The summed E-state index contributed by atoms with van der Waals surface area (Å²) in [6.45, 7) is 2.62. The van der Waals surface area contributed by atoms with Crippen LogP contribution < -0.4 is 11.1 Å². The van der Waals surface area contributed by atoms with Crippen molar-refractivity contribution in [2.24, 2.45) is 5.73 Å².